The van der Waals surface area contributed by atoms with E-state index in [0.717, 1.165) is 22.0 Å². The standard InChI is InChI=1S/C20H17N5O2S2/c21-25-18(17-10-26-15-8-4-5-9-16(15)27-17)23-24-20(25)29-12-14-11-28-19(22-14)13-6-2-1-3-7-13/h1-9,11,17H,10,12,21H2/t17-/m0/s1. The maximum atomic E-state index is 6.23. The summed E-state index contributed by atoms with van der Waals surface area (Å²) in [5, 5.41) is 12.1. The molecule has 0 spiro atoms. The first kappa shape index (κ1) is 18.0. The van der Waals surface area contributed by atoms with Crippen LogP contribution in [0.2, 0.25) is 0 Å². The third-order valence-corrected chi connectivity index (χ3v) is 6.33. The van der Waals surface area contributed by atoms with Crippen molar-refractivity contribution < 1.29 is 9.47 Å². The summed E-state index contributed by atoms with van der Waals surface area (Å²) in [6.45, 7) is 0.337. The van der Waals surface area contributed by atoms with Crippen LogP contribution in [0, 0.1) is 0 Å². The number of rotatable bonds is 5. The second-order valence-corrected chi connectivity index (χ2v) is 8.17. The lowest BCUT2D eigenvalue weighted by atomic mass is 10.2. The SMILES string of the molecule is Nn1c(SCc2csc(-c3ccccc3)n2)nnc1[C@@H]1COc2ccccc2O1. The van der Waals surface area contributed by atoms with Crippen molar-refractivity contribution in [1.82, 2.24) is 19.9 Å². The van der Waals surface area contributed by atoms with E-state index in [1.165, 1.54) is 16.4 Å². The van der Waals surface area contributed by atoms with Gasteiger partial charge in [0.1, 0.15) is 11.6 Å². The lowest BCUT2D eigenvalue weighted by Crippen LogP contribution is -2.27. The van der Waals surface area contributed by atoms with E-state index < -0.39 is 6.10 Å². The number of para-hydroxylation sites is 2. The van der Waals surface area contributed by atoms with Crippen LogP contribution in [0.1, 0.15) is 17.6 Å². The number of thiazole rings is 1. The van der Waals surface area contributed by atoms with Gasteiger partial charge in [-0.2, -0.15) is 0 Å². The van der Waals surface area contributed by atoms with Gasteiger partial charge in [0.05, 0.1) is 5.69 Å². The number of aromatic nitrogens is 4. The number of hydrogen-bond acceptors (Lipinski definition) is 8. The maximum absolute atomic E-state index is 6.23. The Morgan fingerprint density at radius 2 is 1.86 bits per heavy atom. The first-order valence-electron chi connectivity index (χ1n) is 8.99. The van der Waals surface area contributed by atoms with Crippen LogP contribution in [0.15, 0.2) is 65.1 Å². The predicted octanol–water partition coefficient (Wildman–Crippen LogP) is 3.92. The van der Waals surface area contributed by atoms with Gasteiger partial charge >= 0.3 is 0 Å². The minimum absolute atomic E-state index is 0.337. The van der Waals surface area contributed by atoms with Crippen LogP contribution < -0.4 is 15.3 Å². The molecule has 0 radical (unpaired) electrons. The van der Waals surface area contributed by atoms with Crippen LogP contribution in [0.5, 0.6) is 11.5 Å². The molecular weight excluding hydrogens is 406 g/mol. The second kappa shape index (κ2) is 7.76. The van der Waals surface area contributed by atoms with Gasteiger partial charge in [0, 0.05) is 16.7 Å². The third kappa shape index (κ3) is 3.66. The molecule has 0 saturated heterocycles. The van der Waals surface area contributed by atoms with Crippen molar-refractivity contribution in [3.63, 3.8) is 0 Å². The Hall–Kier alpha value is -3.04. The zero-order chi connectivity index (χ0) is 19.6. The Morgan fingerprint density at radius 1 is 1.07 bits per heavy atom. The maximum Gasteiger partial charge on any atom is 0.210 e. The van der Waals surface area contributed by atoms with E-state index in [2.05, 4.69) is 27.7 Å². The molecule has 9 heteroatoms. The van der Waals surface area contributed by atoms with E-state index in [1.54, 1.807) is 11.3 Å². The van der Waals surface area contributed by atoms with Gasteiger partial charge in [-0.1, -0.05) is 54.2 Å². The fourth-order valence-corrected chi connectivity index (χ4v) is 4.67. The highest BCUT2D eigenvalue weighted by Gasteiger charge is 2.28. The van der Waals surface area contributed by atoms with E-state index in [0.29, 0.717) is 29.1 Å². The minimum atomic E-state index is -0.402. The fraction of sp³-hybridized carbons (Fsp3) is 0.150. The number of thioether (sulfide) groups is 1. The van der Waals surface area contributed by atoms with Gasteiger partial charge in [-0.25, -0.2) is 9.66 Å². The van der Waals surface area contributed by atoms with Crippen molar-refractivity contribution in [3.05, 3.63) is 71.5 Å². The van der Waals surface area contributed by atoms with E-state index in [4.69, 9.17) is 20.3 Å². The van der Waals surface area contributed by atoms with E-state index in [9.17, 15) is 0 Å². The summed E-state index contributed by atoms with van der Waals surface area (Å²) in [7, 11) is 0. The van der Waals surface area contributed by atoms with Crippen molar-refractivity contribution in [3.8, 4) is 22.1 Å². The normalized spacial score (nSPS) is 15.4. The summed E-state index contributed by atoms with van der Waals surface area (Å²) < 4.78 is 13.2. The average Bonchev–Trinajstić information content (AvgIpc) is 3.39. The smallest absolute Gasteiger partial charge is 0.210 e. The van der Waals surface area contributed by atoms with Crippen LogP contribution in [0.3, 0.4) is 0 Å². The molecule has 1 aliphatic heterocycles. The number of nitrogens with zero attached hydrogens (tertiary/aromatic N) is 4. The molecule has 7 nitrogen and oxygen atoms in total. The van der Waals surface area contributed by atoms with Crippen LogP contribution >= 0.6 is 23.1 Å². The predicted molar refractivity (Wildman–Crippen MR) is 113 cm³/mol. The summed E-state index contributed by atoms with van der Waals surface area (Å²) in [6, 6.07) is 17.7. The van der Waals surface area contributed by atoms with Crippen molar-refractivity contribution in [1.29, 1.82) is 0 Å². The summed E-state index contributed by atoms with van der Waals surface area (Å²) in [4.78, 5) is 4.70. The van der Waals surface area contributed by atoms with Gasteiger partial charge in [0.15, 0.2) is 23.4 Å². The van der Waals surface area contributed by atoms with Gasteiger partial charge < -0.3 is 15.3 Å². The number of benzene rings is 2. The lowest BCUT2D eigenvalue weighted by molar-refractivity contribution is 0.0830. The minimum Gasteiger partial charge on any atom is -0.485 e. The van der Waals surface area contributed by atoms with Crippen LogP contribution in [0.25, 0.3) is 10.6 Å². The highest BCUT2D eigenvalue weighted by molar-refractivity contribution is 7.98. The molecule has 1 aliphatic rings. The summed E-state index contributed by atoms with van der Waals surface area (Å²) in [6.07, 6.45) is -0.402. The van der Waals surface area contributed by atoms with Gasteiger partial charge in [0.25, 0.3) is 0 Å². The highest BCUT2D eigenvalue weighted by atomic mass is 32.2. The molecular formula is C20H17N5O2S2. The van der Waals surface area contributed by atoms with Crippen molar-refractivity contribution in [2.24, 2.45) is 0 Å². The number of hydrogen-bond donors (Lipinski definition) is 1. The van der Waals surface area contributed by atoms with Gasteiger partial charge in [0.2, 0.25) is 5.16 Å². The van der Waals surface area contributed by atoms with E-state index in [1.807, 2.05) is 42.5 Å². The molecule has 1 atom stereocenters. The molecule has 4 aromatic rings. The first-order chi connectivity index (χ1) is 14.3. The quantitative estimate of drug-likeness (QED) is 0.384. The molecule has 2 aromatic carbocycles. The Kier molecular flexibility index (Phi) is 4.82. The molecule has 0 aliphatic carbocycles. The second-order valence-electron chi connectivity index (χ2n) is 6.37. The fourth-order valence-electron chi connectivity index (χ4n) is 2.98. The average molecular weight is 424 g/mol. The zero-order valence-corrected chi connectivity index (χ0v) is 16.9. The summed E-state index contributed by atoms with van der Waals surface area (Å²) in [5.41, 5.74) is 2.10. The molecule has 0 amide bonds. The Balaban J connectivity index is 1.27. The largest absolute Gasteiger partial charge is 0.485 e. The highest BCUT2D eigenvalue weighted by Crippen LogP contribution is 2.36. The molecule has 0 fully saturated rings. The molecule has 2 N–H and O–H groups in total. The van der Waals surface area contributed by atoms with E-state index >= 15 is 0 Å². The number of ether oxygens (including phenoxy) is 2. The van der Waals surface area contributed by atoms with Gasteiger partial charge in [-0.05, 0) is 12.1 Å². The molecule has 29 heavy (non-hydrogen) atoms. The monoisotopic (exact) mass is 423 g/mol. The van der Waals surface area contributed by atoms with Crippen LogP contribution in [-0.2, 0) is 5.75 Å². The van der Waals surface area contributed by atoms with Gasteiger partial charge in [-0.3, -0.25) is 0 Å². The number of fused-ring (bicyclic) bond motifs is 1. The summed E-state index contributed by atoms with van der Waals surface area (Å²) in [5.74, 6) is 8.82. The lowest BCUT2D eigenvalue weighted by Gasteiger charge is -2.25. The molecule has 2 aromatic heterocycles. The van der Waals surface area contributed by atoms with Gasteiger partial charge in [-0.15, -0.1) is 21.5 Å². The van der Waals surface area contributed by atoms with Crippen LogP contribution in [-0.4, -0.2) is 26.5 Å². The first-order valence-corrected chi connectivity index (χ1v) is 10.9. The zero-order valence-electron chi connectivity index (χ0n) is 15.3. The third-order valence-electron chi connectivity index (χ3n) is 4.41. The number of nitrogens with two attached hydrogens (primary N) is 1. The van der Waals surface area contributed by atoms with E-state index in [-0.39, 0.29) is 0 Å². The Morgan fingerprint density at radius 3 is 2.72 bits per heavy atom. The molecule has 5 rings (SSSR count). The van der Waals surface area contributed by atoms with Crippen molar-refractivity contribution >= 4 is 23.1 Å². The van der Waals surface area contributed by atoms with Crippen molar-refractivity contribution in [2.75, 3.05) is 12.4 Å². The number of nitrogen functional groups attached to an aromatic ring is 1. The molecule has 3 heterocycles. The Labute approximate surface area is 175 Å². The van der Waals surface area contributed by atoms with Crippen molar-refractivity contribution in [2.45, 2.75) is 17.0 Å². The summed E-state index contributed by atoms with van der Waals surface area (Å²) >= 11 is 3.12. The molecule has 0 saturated carbocycles. The molecule has 0 unspecified atom stereocenters. The molecule has 0 bridgehead atoms. The topological polar surface area (TPSA) is 88.1 Å². The van der Waals surface area contributed by atoms with Crippen LogP contribution in [0.4, 0.5) is 0 Å². The Bertz CT molecular complexity index is 1130. The molecule has 146 valence electrons.